The van der Waals surface area contributed by atoms with Crippen molar-refractivity contribution in [1.82, 2.24) is 14.8 Å². The average Bonchev–Trinajstić information content (AvgIpc) is 3.10. The smallest absolute Gasteiger partial charge is 0.262 e. The van der Waals surface area contributed by atoms with E-state index in [4.69, 9.17) is 21.1 Å². The number of halogens is 1. The third-order valence-corrected chi connectivity index (χ3v) is 5.65. The van der Waals surface area contributed by atoms with Gasteiger partial charge in [0.05, 0.1) is 11.4 Å². The van der Waals surface area contributed by atoms with Gasteiger partial charge in [0.2, 0.25) is 0 Å². The number of ether oxygens (including phenoxy) is 2. The van der Waals surface area contributed by atoms with Gasteiger partial charge < -0.3 is 19.4 Å². The lowest BCUT2D eigenvalue weighted by Crippen LogP contribution is -2.25. The van der Waals surface area contributed by atoms with E-state index >= 15 is 0 Å². The van der Waals surface area contributed by atoms with Crippen LogP contribution in [-0.2, 0) is 18.4 Å². The van der Waals surface area contributed by atoms with E-state index in [1.807, 2.05) is 7.05 Å². The van der Waals surface area contributed by atoms with Crippen LogP contribution in [0.15, 0.2) is 47.6 Å². The summed E-state index contributed by atoms with van der Waals surface area (Å²) in [5, 5.41) is 12.2. The highest BCUT2D eigenvalue weighted by molar-refractivity contribution is 7.99. The number of thioether (sulfide) groups is 1. The number of benzene rings is 2. The minimum absolute atomic E-state index is 0.0215. The van der Waals surface area contributed by atoms with Gasteiger partial charge in [-0.2, -0.15) is 0 Å². The van der Waals surface area contributed by atoms with Crippen LogP contribution in [0.1, 0.15) is 16.2 Å². The van der Waals surface area contributed by atoms with Crippen LogP contribution in [-0.4, -0.2) is 38.8 Å². The Balaban J connectivity index is 1.36. The van der Waals surface area contributed by atoms with E-state index in [1.54, 1.807) is 47.0 Å². The van der Waals surface area contributed by atoms with Crippen LogP contribution in [0, 0.1) is 0 Å². The molecule has 3 aromatic rings. The predicted molar refractivity (Wildman–Crippen MR) is 112 cm³/mol. The molecule has 0 fully saturated rings. The Bertz CT molecular complexity index is 1100. The summed E-state index contributed by atoms with van der Waals surface area (Å²) in [7, 11) is 1.82. The van der Waals surface area contributed by atoms with E-state index in [9.17, 15) is 9.59 Å². The largest absolute Gasteiger partial charge is 0.486 e. The molecule has 2 heterocycles. The molecule has 2 aromatic carbocycles. The normalized spacial score (nSPS) is 12.7. The molecular weight excluding hydrogens is 428 g/mol. The highest BCUT2D eigenvalue weighted by atomic mass is 35.5. The Labute approximate surface area is 181 Å². The molecule has 0 spiro atoms. The number of amides is 1. The fourth-order valence-electron chi connectivity index (χ4n) is 2.75. The fourth-order valence-corrected chi connectivity index (χ4v) is 3.70. The maximum absolute atomic E-state index is 12.6. The van der Waals surface area contributed by atoms with Crippen molar-refractivity contribution >= 4 is 40.7 Å². The number of nitrogens with zero attached hydrogens (tertiary/aromatic N) is 3. The molecule has 0 unspecified atom stereocenters. The van der Waals surface area contributed by atoms with E-state index in [1.165, 1.54) is 11.8 Å². The highest BCUT2D eigenvalue weighted by Gasteiger charge is 2.19. The minimum atomic E-state index is -0.242. The number of hydrogen-bond donors (Lipinski definition) is 1. The highest BCUT2D eigenvalue weighted by Crippen LogP contribution is 2.29. The molecule has 1 aliphatic rings. The van der Waals surface area contributed by atoms with Gasteiger partial charge in [0.25, 0.3) is 5.91 Å². The van der Waals surface area contributed by atoms with E-state index in [0.29, 0.717) is 38.8 Å². The van der Waals surface area contributed by atoms with Crippen molar-refractivity contribution in [2.24, 2.45) is 7.05 Å². The third kappa shape index (κ3) is 4.58. The van der Waals surface area contributed by atoms with Crippen molar-refractivity contribution in [3.8, 4) is 11.5 Å². The van der Waals surface area contributed by atoms with Crippen LogP contribution in [0.3, 0.4) is 0 Å². The maximum Gasteiger partial charge on any atom is 0.262 e. The minimum Gasteiger partial charge on any atom is -0.486 e. The number of carbonyl (C=O) groups is 2. The first-order chi connectivity index (χ1) is 14.5. The molecular formula is C20H17ClN4O4S. The number of hydrogen-bond acceptors (Lipinski definition) is 7. The number of carbonyl (C=O) groups excluding carboxylic acids is 2. The number of rotatable bonds is 7. The Morgan fingerprint density at radius 1 is 1.27 bits per heavy atom. The van der Waals surface area contributed by atoms with E-state index in [2.05, 4.69) is 15.5 Å². The monoisotopic (exact) mass is 444 g/mol. The van der Waals surface area contributed by atoms with E-state index < -0.39 is 0 Å². The first kappa shape index (κ1) is 20.2. The first-order valence-corrected chi connectivity index (χ1v) is 10.4. The first-order valence-electron chi connectivity index (χ1n) is 8.99. The second kappa shape index (κ2) is 8.76. The quantitative estimate of drug-likeness (QED) is 0.441. The Morgan fingerprint density at radius 3 is 2.87 bits per heavy atom. The van der Waals surface area contributed by atoms with E-state index in [0.717, 1.165) is 0 Å². The number of nitrogens with one attached hydrogen (secondary N) is 1. The van der Waals surface area contributed by atoms with Crippen LogP contribution in [0.25, 0.3) is 0 Å². The molecule has 0 aliphatic carbocycles. The predicted octanol–water partition coefficient (Wildman–Crippen LogP) is 3.35. The van der Waals surface area contributed by atoms with E-state index in [-0.39, 0.29) is 30.7 Å². The van der Waals surface area contributed by atoms with Crippen LogP contribution in [0.2, 0.25) is 5.02 Å². The van der Waals surface area contributed by atoms with Crippen LogP contribution >= 0.6 is 23.4 Å². The molecule has 1 N–H and O–H groups in total. The molecule has 1 aromatic heterocycles. The molecule has 0 radical (unpaired) electrons. The molecule has 0 atom stereocenters. The lowest BCUT2D eigenvalue weighted by molar-refractivity contribution is -0.118. The molecule has 4 rings (SSSR count). The third-order valence-electron chi connectivity index (χ3n) is 4.37. The Morgan fingerprint density at radius 2 is 2.07 bits per heavy atom. The molecule has 0 saturated heterocycles. The summed E-state index contributed by atoms with van der Waals surface area (Å²) >= 11 is 7.15. The number of Topliss-reactive ketones (excluding diaryl/α,β-unsaturated/α-hetero) is 1. The summed E-state index contributed by atoms with van der Waals surface area (Å²) in [6, 6.07) is 12.0. The summed E-state index contributed by atoms with van der Waals surface area (Å²) in [4.78, 5) is 24.0. The Kier molecular flexibility index (Phi) is 5.91. The van der Waals surface area contributed by atoms with Crippen LogP contribution in [0.4, 0.5) is 5.69 Å². The van der Waals surface area contributed by atoms with Crippen molar-refractivity contribution in [2.45, 2.75) is 11.8 Å². The molecule has 0 bridgehead atoms. The molecule has 30 heavy (non-hydrogen) atoms. The van der Waals surface area contributed by atoms with Crippen molar-refractivity contribution < 1.29 is 19.1 Å². The molecule has 8 nitrogen and oxygen atoms in total. The second-order valence-electron chi connectivity index (χ2n) is 6.46. The van der Waals surface area contributed by atoms with Gasteiger partial charge in [0, 0.05) is 17.6 Å². The zero-order chi connectivity index (χ0) is 21.1. The summed E-state index contributed by atoms with van der Waals surface area (Å²) in [5.41, 5.74) is 0.989. The summed E-state index contributed by atoms with van der Waals surface area (Å²) in [6.45, 7) is 0.219. The Hall–Kier alpha value is -3.04. The van der Waals surface area contributed by atoms with Gasteiger partial charge in [-0.25, -0.2) is 0 Å². The van der Waals surface area contributed by atoms with Gasteiger partial charge in [0.15, 0.2) is 23.4 Å². The number of fused-ring (bicyclic) bond motifs is 1. The van der Waals surface area contributed by atoms with Crippen molar-refractivity contribution in [3.05, 3.63) is 58.9 Å². The van der Waals surface area contributed by atoms with Crippen molar-refractivity contribution in [1.29, 1.82) is 0 Å². The van der Waals surface area contributed by atoms with Crippen LogP contribution in [0.5, 0.6) is 11.5 Å². The fraction of sp³-hybridized carbons (Fsp3) is 0.200. The zero-order valence-corrected chi connectivity index (χ0v) is 17.5. The van der Waals surface area contributed by atoms with Crippen LogP contribution < -0.4 is 14.8 Å². The number of aromatic nitrogens is 3. The van der Waals surface area contributed by atoms with Gasteiger partial charge in [-0.1, -0.05) is 23.4 Å². The molecule has 1 aliphatic heterocycles. The maximum atomic E-state index is 12.6. The molecule has 10 heteroatoms. The standard InChI is InChI=1S/C20H17ClN4O4S/c1-25-18(9-28-14-5-3-13(21)4-6-14)23-24-20(25)30-11-16(26)12-2-7-17-15(8-12)22-19(27)10-29-17/h2-8H,9-11H2,1H3,(H,22,27). The number of anilines is 1. The SMILES string of the molecule is Cn1c(COc2ccc(Cl)cc2)nnc1SCC(=O)c1ccc2c(c1)NC(=O)CO2. The molecule has 1 amide bonds. The van der Waals surface area contributed by atoms with Gasteiger partial charge in [-0.15, -0.1) is 10.2 Å². The van der Waals surface area contributed by atoms with Gasteiger partial charge in [-0.05, 0) is 42.5 Å². The number of ketones is 1. The second-order valence-corrected chi connectivity index (χ2v) is 7.84. The average molecular weight is 445 g/mol. The van der Waals surface area contributed by atoms with Gasteiger partial charge >= 0.3 is 0 Å². The summed E-state index contributed by atoms with van der Waals surface area (Å²) in [6.07, 6.45) is 0. The zero-order valence-electron chi connectivity index (χ0n) is 15.9. The summed E-state index contributed by atoms with van der Waals surface area (Å²) < 4.78 is 12.8. The van der Waals surface area contributed by atoms with Crippen molar-refractivity contribution in [3.63, 3.8) is 0 Å². The lowest BCUT2D eigenvalue weighted by atomic mass is 10.1. The van der Waals surface area contributed by atoms with Crippen molar-refractivity contribution in [2.75, 3.05) is 17.7 Å². The van der Waals surface area contributed by atoms with Gasteiger partial charge in [-0.3, -0.25) is 9.59 Å². The topological polar surface area (TPSA) is 95.3 Å². The lowest BCUT2D eigenvalue weighted by Gasteiger charge is -2.18. The molecule has 154 valence electrons. The van der Waals surface area contributed by atoms with Gasteiger partial charge in [0.1, 0.15) is 18.1 Å². The summed E-state index contributed by atoms with van der Waals surface area (Å²) in [5.74, 6) is 1.71. The molecule has 0 saturated carbocycles.